The number of nitrogens with zero attached hydrogens (tertiary/aromatic N) is 3. The third-order valence-electron chi connectivity index (χ3n) is 4.99. The molecule has 30 heavy (non-hydrogen) atoms. The summed E-state index contributed by atoms with van der Waals surface area (Å²) >= 11 is 1.36. The van der Waals surface area contributed by atoms with E-state index in [1.54, 1.807) is 6.07 Å². The molecule has 7 nitrogen and oxygen atoms in total. The number of aliphatic hydroxyl groups is 1. The van der Waals surface area contributed by atoms with Crippen molar-refractivity contribution in [1.82, 2.24) is 15.2 Å². The molecule has 1 aliphatic carbocycles. The number of likely N-dealkylation sites (N-methyl/N-ethyl adjacent to an activating group) is 1. The van der Waals surface area contributed by atoms with Crippen LogP contribution in [0.3, 0.4) is 0 Å². The van der Waals surface area contributed by atoms with E-state index in [0.717, 1.165) is 23.3 Å². The van der Waals surface area contributed by atoms with Crippen LogP contribution in [0.25, 0.3) is 0 Å². The summed E-state index contributed by atoms with van der Waals surface area (Å²) in [6.45, 7) is 1.89. The summed E-state index contributed by atoms with van der Waals surface area (Å²) in [5.41, 5.74) is 4.17. The number of amides is 1. The molecule has 2 heterocycles. The molecular weight excluding hydrogens is 419 g/mol. The Morgan fingerprint density at radius 2 is 2.20 bits per heavy atom. The highest BCUT2D eigenvalue weighted by atomic mass is 32.2. The van der Waals surface area contributed by atoms with Crippen molar-refractivity contribution in [3.05, 3.63) is 46.7 Å². The summed E-state index contributed by atoms with van der Waals surface area (Å²) in [4.78, 5) is 18.9. The van der Waals surface area contributed by atoms with Crippen molar-refractivity contribution in [3.8, 4) is 6.07 Å². The van der Waals surface area contributed by atoms with Crippen LogP contribution in [0.5, 0.6) is 0 Å². The number of rotatable bonds is 5. The van der Waals surface area contributed by atoms with E-state index in [0.29, 0.717) is 16.7 Å². The number of aromatic nitrogens is 1. The molecule has 0 radical (unpaired) electrons. The standard InChI is InChI=1S/C19H20F3N5O2S/c1-3-30-12-6-10(18(9-23)4-5-18)8-25-14(12)17(29)27(2)15-11(24)7-13(19(20,21)22)26-16(15)28/h6-8,16,26,28H,3-5,24H2,1-2H3. The van der Waals surface area contributed by atoms with Gasteiger partial charge < -0.3 is 21.1 Å². The minimum absolute atomic E-state index is 0.0694. The zero-order valence-corrected chi connectivity index (χ0v) is 17.1. The summed E-state index contributed by atoms with van der Waals surface area (Å²) in [7, 11) is 1.30. The van der Waals surface area contributed by atoms with Gasteiger partial charge in [-0.3, -0.25) is 4.79 Å². The number of pyridine rings is 1. The summed E-state index contributed by atoms with van der Waals surface area (Å²) in [6, 6.07) is 4.04. The Morgan fingerprint density at radius 1 is 1.53 bits per heavy atom. The van der Waals surface area contributed by atoms with Gasteiger partial charge in [0.2, 0.25) is 0 Å². The third-order valence-corrected chi connectivity index (χ3v) is 5.90. The second-order valence-corrected chi connectivity index (χ2v) is 8.31. The molecule has 0 saturated heterocycles. The number of thioether (sulfide) groups is 1. The Balaban J connectivity index is 1.96. The first-order valence-electron chi connectivity index (χ1n) is 9.10. The highest BCUT2D eigenvalue weighted by molar-refractivity contribution is 7.99. The molecule has 1 aromatic heterocycles. The predicted molar refractivity (Wildman–Crippen MR) is 104 cm³/mol. The summed E-state index contributed by atoms with van der Waals surface area (Å²) in [6.07, 6.45) is -2.98. The number of carbonyl (C=O) groups is 1. The van der Waals surface area contributed by atoms with Crippen molar-refractivity contribution < 1.29 is 23.1 Å². The Bertz CT molecular complexity index is 979. The largest absolute Gasteiger partial charge is 0.431 e. The van der Waals surface area contributed by atoms with Gasteiger partial charge in [-0.15, -0.1) is 11.8 Å². The number of nitriles is 1. The Morgan fingerprint density at radius 3 is 2.70 bits per heavy atom. The van der Waals surface area contributed by atoms with E-state index in [2.05, 4.69) is 11.1 Å². The number of aliphatic hydroxyl groups excluding tert-OH is 1. The first-order valence-corrected chi connectivity index (χ1v) is 10.1. The number of hydrogen-bond acceptors (Lipinski definition) is 7. The smallest absolute Gasteiger partial charge is 0.397 e. The fourth-order valence-electron chi connectivity index (χ4n) is 3.18. The van der Waals surface area contributed by atoms with E-state index in [1.165, 1.54) is 25.0 Å². The maximum absolute atomic E-state index is 13.1. The van der Waals surface area contributed by atoms with Crippen molar-refractivity contribution >= 4 is 17.7 Å². The zero-order valence-electron chi connectivity index (χ0n) is 16.2. The first-order chi connectivity index (χ1) is 14.0. The lowest BCUT2D eigenvalue weighted by Crippen LogP contribution is -2.46. The highest BCUT2D eigenvalue weighted by Crippen LogP contribution is 2.48. The van der Waals surface area contributed by atoms with Gasteiger partial charge in [-0.1, -0.05) is 6.92 Å². The molecule has 1 fully saturated rings. The topological polar surface area (TPSA) is 115 Å². The maximum atomic E-state index is 13.1. The minimum Gasteiger partial charge on any atom is -0.397 e. The maximum Gasteiger partial charge on any atom is 0.431 e. The molecule has 1 unspecified atom stereocenters. The van der Waals surface area contributed by atoms with Crippen LogP contribution in [-0.2, 0) is 5.41 Å². The molecule has 1 atom stereocenters. The number of dihydropyridines is 1. The normalized spacial score (nSPS) is 20.2. The number of carbonyl (C=O) groups excluding carboxylic acids is 1. The lowest BCUT2D eigenvalue weighted by Gasteiger charge is -2.31. The lowest BCUT2D eigenvalue weighted by atomic mass is 9.99. The van der Waals surface area contributed by atoms with Gasteiger partial charge in [0, 0.05) is 18.1 Å². The van der Waals surface area contributed by atoms with Gasteiger partial charge in [-0.05, 0) is 36.3 Å². The van der Waals surface area contributed by atoms with Crippen LogP contribution in [0.1, 0.15) is 35.8 Å². The molecule has 0 spiro atoms. The first kappa shape index (κ1) is 22.0. The Hall–Kier alpha value is -2.71. The van der Waals surface area contributed by atoms with E-state index >= 15 is 0 Å². The zero-order chi connectivity index (χ0) is 22.3. The molecule has 2 aliphatic rings. The fourth-order valence-corrected chi connectivity index (χ4v) is 3.97. The monoisotopic (exact) mass is 439 g/mol. The van der Waals surface area contributed by atoms with Gasteiger partial charge >= 0.3 is 6.18 Å². The van der Waals surface area contributed by atoms with E-state index in [1.807, 2.05) is 12.2 Å². The highest BCUT2D eigenvalue weighted by Gasteiger charge is 2.46. The number of nitrogens with two attached hydrogens (primary N) is 1. The Kier molecular flexibility index (Phi) is 5.75. The van der Waals surface area contributed by atoms with E-state index in [-0.39, 0.29) is 17.1 Å². The summed E-state index contributed by atoms with van der Waals surface area (Å²) < 4.78 is 38.7. The predicted octanol–water partition coefficient (Wildman–Crippen LogP) is 2.36. The summed E-state index contributed by atoms with van der Waals surface area (Å²) in [5.74, 6) is 0.00318. The van der Waals surface area contributed by atoms with Crippen LogP contribution in [0, 0.1) is 11.3 Å². The van der Waals surface area contributed by atoms with Crippen LogP contribution in [0.2, 0.25) is 0 Å². The molecule has 1 amide bonds. The second kappa shape index (κ2) is 7.85. The van der Waals surface area contributed by atoms with E-state index < -0.39 is 29.4 Å². The fraction of sp³-hybridized carbons (Fsp3) is 0.421. The molecule has 160 valence electrons. The van der Waals surface area contributed by atoms with Crippen molar-refractivity contribution in [2.24, 2.45) is 5.73 Å². The number of alkyl halides is 3. The molecule has 0 bridgehead atoms. The van der Waals surface area contributed by atoms with Crippen molar-refractivity contribution in [2.75, 3.05) is 12.8 Å². The van der Waals surface area contributed by atoms with Gasteiger partial charge in [0.1, 0.15) is 11.4 Å². The number of halogens is 3. The van der Waals surface area contributed by atoms with Crippen molar-refractivity contribution in [2.45, 2.75) is 42.5 Å². The molecule has 1 aliphatic heterocycles. The third kappa shape index (κ3) is 3.97. The molecule has 1 saturated carbocycles. The van der Waals surface area contributed by atoms with Crippen LogP contribution < -0.4 is 11.1 Å². The molecular formula is C19H20F3N5O2S. The molecule has 3 rings (SSSR count). The quantitative estimate of drug-likeness (QED) is 0.603. The number of nitrogens with one attached hydrogen (secondary N) is 1. The van der Waals surface area contributed by atoms with Gasteiger partial charge in [-0.2, -0.15) is 18.4 Å². The van der Waals surface area contributed by atoms with Gasteiger partial charge in [0.25, 0.3) is 5.91 Å². The average Bonchev–Trinajstić information content (AvgIpc) is 3.47. The van der Waals surface area contributed by atoms with Crippen molar-refractivity contribution in [1.29, 1.82) is 5.26 Å². The SMILES string of the molecule is CCSc1cc(C2(C#N)CC2)cnc1C(=O)N(C)C1=C(N)C=C(C(F)(F)F)NC1O. The van der Waals surface area contributed by atoms with E-state index in [4.69, 9.17) is 5.73 Å². The van der Waals surface area contributed by atoms with Crippen LogP contribution in [0.4, 0.5) is 13.2 Å². The number of allylic oxidation sites excluding steroid dienone is 2. The Labute approximate surface area is 175 Å². The van der Waals surface area contributed by atoms with E-state index in [9.17, 15) is 28.3 Å². The van der Waals surface area contributed by atoms with Crippen molar-refractivity contribution in [3.63, 3.8) is 0 Å². The molecule has 1 aromatic rings. The molecule has 0 aromatic carbocycles. The average molecular weight is 439 g/mol. The van der Waals surface area contributed by atoms with Gasteiger partial charge in [0.05, 0.1) is 22.9 Å². The second-order valence-electron chi connectivity index (χ2n) is 7.01. The van der Waals surface area contributed by atoms with Crippen LogP contribution in [0.15, 0.2) is 40.3 Å². The molecule has 11 heteroatoms. The van der Waals surface area contributed by atoms with Gasteiger partial charge in [-0.25, -0.2) is 4.98 Å². The van der Waals surface area contributed by atoms with Crippen LogP contribution >= 0.6 is 11.8 Å². The number of hydrogen-bond donors (Lipinski definition) is 3. The van der Waals surface area contributed by atoms with Crippen LogP contribution in [-0.4, -0.2) is 46.1 Å². The summed E-state index contributed by atoms with van der Waals surface area (Å²) in [5, 5.41) is 21.5. The lowest BCUT2D eigenvalue weighted by molar-refractivity contribution is -0.102. The van der Waals surface area contributed by atoms with Gasteiger partial charge in [0.15, 0.2) is 6.23 Å². The minimum atomic E-state index is -4.72. The molecule has 4 N–H and O–H groups in total.